The highest BCUT2D eigenvalue weighted by Crippen LogP contribution is 2.24. The molecule has 0 aliphatic heterocycles. The standard InChI is InChI=1S/C15H20N2O3/c1-3-5-6-12(4-2)11-20-14-7-8-15(17(18)19)13(9-14)10-16/h7-9,12H,3-6,11H2,1-2H3. The van der Waals surface area contributed by atoms with Gasteiger partial charge in [0.15, 0.2) is 0 Å². The monoisotopic (exact) mass is 276 g/mol. The molecule has 0 aromatic heterocycles. The Bertz CT molecular complexity index is 494. The van der Waals surface area contributed by atoms with Crippen LogP contribution in [0.4, 0.5) is 5.69 Å². The fourth-order valence-electron chi connectivity index (χ4n) is 1.97. The van der Waals surface area contributed by atoms with Crippen molar-refractivity contribution in [1.82, 2.24) is 0 Å². The maximum atomic E-state index is 10.7. The van der Waals surface area contributed by atoms with Gasteiger partial charge in [-0.25, -0.2) is 0 Å². The summed E-state index contributed by atoms with van der Waals surface area (Å²) in [6.45, 7) is 4.86. The van der Waals surface area contributed by atoms with Gasteiger partial charge in [-0.3, -0.25) is 10.1 Å². The van der Waals surface area contributed by atoms with Crippen LogP contribution in [-0.2, 0) is 0 Å². The molecule has 0 saturated heterocycles. The van der Waals surface area contributed by atoms with Crippen molar-refractivity contribution in [3.8, 4) is 11.8 Å². The number of ether oxygens (including phenoxy) is 1. The minimum atomic E-state index is -0.557. The summed E-state index contributed by atoms with van der Waals surface area (Å²) < 4.78 is 5.66. The highest BCUT2D eigenvalue weighted by molar-refractivity contribution is 5.52. The molecule has 0 radical (unpaired) electrons. The SMILES string of the molecule is CCCCC(CC)COc1ccc([N+](=O)[O-])c(C#N)c1. The van der Waals surface area contributed by atoms with Crippen LogP contribution in [0, 0.1) is 27.4 Å². The van der Waals surface area contributed by atoms with Gasteiger partial charge in [0.1, 0.15) is 17.4 Å². The van der Waals surface area contributed by atoms with Crippen molar-refractivity contribution < 1.29 is 9.66 Å². The molecule has 1 aromatic rings. The average Bonchev–Trinajstić information content (AvgIpc) is 2.47. The molecule has 0 heterocycles. The normalized spacial score (nSPS) is 11.7. The van der Waals surface area contributed by atoms with E-state index < -0.39 is 4.92 Å². The van der Waals surface area contributed by atoms with Gasteiger partial charge in [-0.2, -0.15) is 5.26 Å². The Morgan fingerprint density at radius 3 is 2.75 bits per heavy atom. The maximum Gasteiger partial charge on any atom is 0.287 e. The lowest BCUT2D eigenvalue weighted by Gasteiger charge is -2.15. The van der Waals surface area contributed by atoms with E-state index in [0.717, 1.165) is 19.3 Å². The zero-order valence-corrected chi connectivity index (χ0v) is 12.0. The van der Waals surface area contributed by atoms with Gasteiger partial charge in [-0.15, -0.1) is 0 Å². The Kier molecular flexibility index (Phi) is 6.51. The Balaban J connectivity index is 2.69. The van der Waals surface area contributed by atoms with Gasteiger partial charge in [-0.1, -0.05) is 33.1 Å². The average molecular weight is 276 g/mol. The van der Waals surface area contributed by atoms with Crippen LogP contribution in [0.1, 0.15) is 45.1 Å². The number of hydrogen-bond acceptors (Lipinski definition) is 4. The summed E-state index contributed by atoms with van der Waals surface area (Å²) in [4.78, 5) is 10.2. The van der Waals surface area contributed by atoms with E-state index in [1.54, 1.807) is 6.07 Å². The molecule has 0 aliphatic carbocycles. The van der Waals surface area contributed by atoms with Crippen LogP contribution >= 0.6 is 0 Å². The van der Waals surface area contributed by atoms with E-state index in [1.165, 1.54) is 18.6 Å². The molecule has 0 N–H and O–H groups in total. The molecule has 0 amide bonds. The lowest BCUT2D eigenvalue weighted by atomic mass is 10.0. The molecule has 0 saturated carbocycles. The smallest absolute Gasteiger partial charge is 0.287 e. The second kappa shape index (κ2) is 8.16. The first-order valence-corrected chi connectivity index (χ1v) is 6.93. The number of nitriles is 1. The number of hydrogen-bond donors (Lipinski definition) is 0. The summed E-state index contributed by atoms with van der Waals surface area (Å²) in [5.74, 6) is 0.998. The molecule has 5 heteroatoms. The van der Waals surface area contributed by atoms with Gasteiger partial charge in [0.05, 0.1) is 11.5 Å². The molecule has 1 aromatic carbocycles. The summed E-state index contributed by atoms with van der Waals surface area (Å²) in [6, 6.07) is 6.13. The minimum Gasteiger partial charge on any atom is -0.493 e. The van der Waals surface area contributed by atoms with Gasteiger partial charge in [0.2, 0.25) is 0 Å². The minimum absolute atomic E-state index is 0.0362. The largest absolute Gasteiger partial charge is 0.493 e. The summed E-state index contributed by atoms with van der Waals surface area (Å²) >= 11 is 0. The van der Waals surface area contributed by atoms with Gasteiger partial charge in [0, 0.05) is 12.1 Å². The van der Waals surface area contributed by atoms with Gasteiger partial charge in [-0.05, 0) is 18.4 Å². The van der Waals surface area contributed by atoms with E-state index in [2.05, 4.69) is 13.8 Å². The zero-order valence-electron chi connectivity index (χ0n) is 12.0. The summed E-state index contributed by atoms with van der Waals surface area (Å²) in [5.41, 5.74) is -0.146. The van der Waals surface area contributed by atoms with Crippen molar-refractivity contribution in [1.29, 1.82) is 5.26 Å². The fraction of sp³-hybridized carbons (Fsp3) is 0.533. The van der Waals surface area contributed by atoms with Crippen molar-refractivity contribution in [3.63, 3.8) is 0 Å². The van der Waals surface area contributed by atoms with Gasteiger partial charge in [0.25, 0.3) is 5.69 Å². The van der Waals surface area contributed by atoms with E-state index in [-0.39, 0.29) is 11.3 Å². The van der Waals surface area contributed by atoms with Crippen LogP contribution in [-0.4, -0.2) is 11.5 Å². The van der Waals surface area contributed by atoms with Crippen molar-refractivity contribution >= 4 is 5.69 Å². The topological polar surface area (TPSA) is 76.2 Å². The summed E-state index contributed by atoms with van der Waals surface area (Å²) in [6.07, 6.45) is 4.49. The highest BCUT2D eigenvalue weighted by Gasteiger charge is 2.15. The van der Waals surface area contributed by atoms with Crippen molar-refractivity contribution in [2.45, 2.75) is 39.5 Å². The third kappa shape index (κ3) is 4.54. The molecular formula is C15H20N2O3. The molecule has 1 atom stereocenters. The van der Waals surface area contributed by atoms with E-state index in [1.807, 2.05) is 6.07 Å². The summed E-state index contributed by atoms with van der Waals surface area (Å²) in [5, 5.41) is 19.7. The number of unbranched alkanes of at least 4 members (excludes halogenated alkanes) is 1. The Hall–Kier alpha value is -2.09. The van der Waals surface area contributed by atoms with E-state index in [0.29, 0.717) is 18.3 Å². The van der Waals surface area contributed by atoms with Crippen LogP contribution in [0.25, 0.3) is 0 Å². The molecule has 1 unspecified atom stereocenters. The van der Waals surface area contributed by atoms with Crippen LogP contribution in [0.2, 0.25) is 0 Å². The Labute approximate surface area is 119 Å². The van der Waals surface area contributed by atoms with Crippen molar-refractivity contribution in [3.05, 3.63) is 33.9 Å². The maximum absolute atomic E-state index is 10.7. The van der Waals surface area contributed by atoms with Gasteiger partial charge < -0.3 is 4.74 Å². The Morgan fingerprint density at radius 2 is 2.20 bits per heavy atom. The first kappa shape index (κ1) is 16.0. The third-order valence-electron chi connectivity index (χ3n) is 3.31. The third-order valence-corrected chi connectivity index (χ3v) is 3.31. The van der Waals surface area contributed by atoms with Gasteiger partial charge >= 0.3 is 0 Å². The van der Waals surface area contributed by atoms with Crippen LogP contribution in [0.15, 0.2) is 18.2 Å². The molecule has 0 bridgehead atoms. The lowest BCUT2D eigenvalue weighted by Crippen LogP contribution is -2.11. The number of nitro groups is 1. The summed E-state index contributed by atoms with van der Waals surface area (Å²) in [7, 11) is 0. The molecular weight excluding hydrogens is 256 g/mol. The Morgan fingerprint density at radius 1 is 1.45 bits per heavy atom. The fourth-order valence-corrected chi connectivity index (χ4v) is 1.97. The van der Waals surface area contributed by atoms with E-state index in [4.69, 9.17) is 10.00 Å². The van der Waals surface area contributed by atoms with Crippen molar-refractivity contribution in [2.75, 3.05) is 6.61 Å². The van der Waals surface area contributed by atoms with E-state index in [9.17, 15) is 10.1 Å². The zero-order chi connectivity index (χ0) is 15.0. The predicted octanol–water partition coefficient (Wildman–Crippen LogP) is 4.06. The first-order chi connectivity index (χ1) is 9.62. The molecule has 0 fully saturated rings. The molecule has 108 valence electrons. The van der Waals surface area contributed by atoms with Crippen LogP contribution in [0.5, 0.6) is 5.75 Å². The molecule has 0 aliphatic rings. The number of benzene rings is 1. The molecule has 0 spiro atoms. The predicted molar refractivity (Wildman–Crippen MR) is 76.6 cm³/mol. The number of nitro benzene ring substituents is 1. The lowest BCUT2D eigenvalue weighted by molar-refractivity contribution is -0.385. The number of nitrogens with zero attached hydrogens (tertiary/aromatic N) is 2. The first-order valence-electron chi connectivity index (χ1n) is 6.93. The second-order valence-corrected chi connectivity index (χ2v) is 4.78. The molecule has 5 nitrogen and oxygen atoms in total. The van der Waals surface area contributed by atoms with Crippen molar-refractivity contribution in [2.24, 2.45) is 5.92 Å². The highest BCUT2D eigenvalue weighted by atomic mass is 16.6. The number of rotatable bonds is 8. The van der Waals surface area contributed by atoms with Crippen LogP contribution in [0.3, 0.4) is 0 Å². The van der Waals surface area contributed by atoms with E-state index >= 15 is 0 Å². The molecule has 1 rings (SSSR count). The quantitative estimate of drug-likeness (QED) is 0.530. The van der Waals surface area contributed by atoms with Crippen LogP contribution < -0.4 is 4.74 Å². The molecule has 20 heavy (non-hydrogen) atoms. The second-order valence-electron chi connectivity index (χ2n) is 4.78.